The lowest BCUT2D eigenvalue weighted by Crippen LogP contribution is -2.36. The molecule has 2 rings (SSSR count). The molecule has 0 atom stereocenters. The van der Waals surface area contributed by atoms with Crippen molar-refractivity contribution in [3.8, 4) is 0 Å². The molecule has 1 aromatic heterocycles. The lowest BCUT2D eigenvalue weighted by Gasteiger charge is -2.21. The maximum atomic E-state index is 12.4. The van der Waals surface area contributed by atoms with E-state index in [1.807, 2.05) is 30.3 Å². The number of amides is 1. The van der Waals surface area contributed by atoms with E-state index in [9.17, 15) is 9.59 Å². The van der Waals surface area contributed by atoms with Crippen LogP contribution in [0.5, 0.6) is 0 Å². The fraction of sp³-hybridized carbons (Fsp3) is 0.200. The number of carbonyl (C=O) groups is 2. The third kappa shape index (κ3) is 4.10. The van der Waals surface area contributed by atoms with E-state index in [0.29, 0.717) is 6.54 Å². The van der Waals surface area contributed by atoms with Crippen LogP contribution < -0.4 is 0 Å². The zero-order chi connectivity index (χ0) is 15.1. The molecule has 0 saturated carbocycles. The van der Waals surface area contributed by atoms with Crippen LogP contribution in [0.3, 0.4) is 0 Å². The molecule has 1 aromatic carbocycles. The fourth-order valence-electron chi connectivity index (χ4n) is 1.80. The van der Waals surface area contributed by atoms with Gasteiger partial charge in [-0.05, 0) is 5.56 Å². The van der Waals surface area contributed by atoms with Gasteiger partial charge in [-0.1, -0.05) is 30.3 Å². The van der Waals surface area contributed by atoms with Gasteiger partial charge < -0.3 is 9.64 Å². The molecule has 0 aliphatic heterocycles. The van der Waals surface area contributed by atoms with Crippen LogP contribution in [0.2, 0.25) is 0 Å². The first kappa shape index (κ1) is 14.6. The first-order chi connectivity index (χ1) is 10.2. The second-order valence-corrected chi connectivity index (χ2v) is 4.31. The van der Waals surface area contributed by atoms with Gasteiger partial charge in [0.1, 0.15) is 12.2 Å². The van der Waals surface area contributed by atoms with Gasteiger partial charge in [0.25, 0.3) is 5.91 Å². The molecule has 6 heteroatoms. The molecule has 0 radical (unpaired) electrons. The lowest BCUT2D eigenvalue weighted by molar-refractivity contribution is -0.141. The quantitative estimate of drug-likeness (QED) is 0.774. The van der Waals surface area contributed by atoms with Gasteiger partial charge >= 0.3 is 5.97 Å². The Kier molecular flexibility index (Phi) is 4.98. The molecule has 1 heterocycles. The van der Waals surface area contributed by atoms with E-state index in [1.165, 1.54) is 30.6 Å². The molecule has 108 valence electrons. The van der Waals surface area contributed by atoms with Gasteiger partial charge in [0, 0.05) is 18.9 Å². The number of esters is 1. The summed E-state index contributed by atoms with van der Waals surface area (Å²) >= 11 is 0. The van der Waals surface area contributed by atoms with E-state index in [2.05, 4.69) is 14.7 Å². The molecule has 6 nitrogen and oxygen atoms in total. The number of carbonyl (C=O) groups excluding carboxylic acids is 2. The lowest BCUT2D eigenvalue weighted by atomic mass is 10.2. The van der Waals surface area contributed by atoms with Gasteiger partial charge in [0.15, 0.2) is 0 Å². The van der Waals surface area contributed by atoms with E-state index >= 15 is 0 Å². The zero-order valence-corrected chi connectivity index (χ0v) is 11.6. The van der Waals surface area contributed by atoms with Crippen LogP contribution in [0.4, 0.5) is 0 Å². The summed E-state index contributed by atoms with van der Waals surface area (Å²) < 4.78 is 4.64. The highest BCUT2D eigenvalue weighted by atomic mass is 16.5. The van der Waals surface area contributed by atoms with Crippen molar-refractivity contribution in [3.05, 3.63) is 60.2 Å². The Morgan fingerprint density at radius 3 is 2.57 bits per heavy atom. The maximum Gasteiger partial charge on any atom is 0.325 e. The molecule has 0 N–H and O–H groups in total. The summed E-state index contributed by atoms with van der Waals surface area (Å²) in [4.78, 5) is 33.1. The summed E-state index contributed by atoms with van der Waals surface area (Å²) in [6.45, 7) is 0.159. The fourth-order valence-corrected chi connectivity index (χ4v) is 1.80. The minimum atomic E-state index is -0.483. The van der Waals surface area contributed by atoms with Crippen molar-refractivity contribution < 1.29 is 14.3 Å². The van der Waals surface area contributed by atoms with Gasteiger partial charge in [0.05, 0.1) is 13.3 Å². The Hall–Kier alpha value is -2.76. The van der Waals surface area contributed by atoms with Crippen molar-refractivity contribution in [3.63, 3.8) is 0 Å². The summed E-state index contributed by atoms with van der Waals surface area (Å²) in [5.41, 5.74) is 1.11. The van der Waals surface area contributed by atoms with Crippen LogP contribution in [0.25, 0.3) is 0 Å². The highest BCUT2D eigenvalue weighted by Crippen LogP contribution is 2.08. The minimum Gasteiger partial charge on any atom is -0.468 e. The Morgan fingerprint density at radius 1 is 1.19 bits per heavy atom. The number of aromatic nitrogens is 2. The summed E-state index contributed by atoms with van der Waals surface area (Å²) in [6.07, 6.45) is 4.29. The average Bonchev–Trinajstić information content (AvgIpc) is 2.55. The number of benzene rings is 1. The second kappa shape index (κ2) is 7.14. The Balaban J connectivity index is 2.19. The number of hydrogen-bond acceptors (Lipinski definition) is 5. The molecule has 0 aliphatic rings. The number of nitrogens with zero attached hydrogens (tertiary/aromatic N) is 3. The molecule has 0 bridgehead atoms. The highest BCUT2D eigenvalue weighted by Gasteiger charge is 2.20. The van der Waals surface area contributed by atoms with Crippen LogP contribution in [-0.2, 0) is 16.1 Å². The van der Waals surface area contributed by atoms with Crippen molar-refractivity contribution in [2.75, 3.05) is 13.7 Å². The highest BCUT2D eigenvalue weighted by molar-refractivity contribution is 5.93. The molecular weight excluding hydrogens is 270 g/mol. The van der Waals surface area contributed by atoms with Crippen LogP contribution in [0.15, 0.2) is 48.9 Å². The van der Waals surface area contributed by atoms with Crippen LogP contribution in [0.1, 0.15) is 16.1 Å². The van der Waals surface area contributed by atoms with E-state index in [1.54, 1.807) is 0 Å². The Labute approximate surface area is 122 Å². The van der Waals surface area contributed by atoms with E-state index in [4.69, 9.17) is 0 Å². The first-order valence-electron chi connectivity index (χ1n) is 6.36. The molecule has 0 unspecified atom stereocenters. The third-order valence-electron chi connectivity index (χ3n) is 2.83. The van der Waals surface area contributed by atoms with E-state index < -0.39 is 5.97 Å². The number of rotatable bonds is 5. The molecule has 2 aromatic rings. The van der Waals surface area contributed by atoms with Crippen molar-refractivity contribution >= 4 is 11.9 Å². The predicted octanol–water partition coefficient (Wildman–Crippen LogP) is 1.29. The minimum absolute atomic E-state index is 0.138. The Morgan fingerprint density at radius 2 is 1.95 bits per heavy atom. The predicted molar refractivity (Wildman–Crippen MR) is 75.2 cm³/mol. The first-order valence-corrected chi connectivity index (χ1v) is 6.36. The van der Waals surface area contributed by atoms with Crippen molar-refractivity contribution in [2.24, 2.45) is 0 Å². The number of methoxy groups -OCH3 is 1. The van der Waals surface area contributed by atoms with Crippen molar-refractivity contribution in [2.45, 2.75) is 6.54 Å². The third-order valence-corrected chi connectivity index (χ3v) is 2.83. The standard InChI is InChI=1S/C15H15N3O3/c1-21-14(19)11-18(10-12-5-3-2-4-6-12)15(20)13-9-16-7-8-17-13/h2-9H,10-11H2,1H3. The SMILES string of the molecule is COC(=O)CN(Cc1ccccc1)C(=O)c1cnccn1. The van der Waals surface area contributed by atoms with Crippen molar-refractivity contribution in [1.29, 1.82) is 0 Å². The number of ether oxygens (including phenoxy) is 1. The van der Waals surface area contributed by atoms with E-state index in [-0.39, 0.29) is 18.1 Å². The summed E-state index contributed by atoms with van der Waals surface area (Å²) in [5, 5.41) is 0. The van der Waals surface area contributed by atoms with Gasteiger partial charge in [-0.15, -0.1) is 0 Å². The van der Waals surface area contributed by atoms with E-state index in [0.717, 1.165) is 5.56 Å². The summed E-state index contributed by atoms with van der Waals surface area (Å²) in [7, 11) is 1.29. The normalized spacial score (nSPS) is 9.95. The molecular formula is C15H15N3O3. The zero-order valence-electron chi connectivity index (χ0n) is 11.6. The molecule has 0 saturated heterocycles. The van der Waals surface area contributed by atoms with Gasteiger partial charge in [-0.3, -0.25) is 14.6 Å². The molecule has 21 heavy (non-hydrogen) atoms. The molecule has 0 aliphatic carbocycles. The topological polar surface area (TPSA) is 72.4 Å². The van der Waals surface area contributed by atoms with Gasteiger partial charge in [0.2, 0.25) is 0 Å². The van der Waals surface area contributed by atoms with Gasteiger partial charge in [-0.2, -0.15) is 0 Å². The maximum absolute atomic E-state index is 12.4. The van der Waals surface area contributed by atoms with Crippen LogP contribution >= 0.6 is 0 Å². The average molecular weight is 285 g/mol. The van der Waals surface area contributed by atoms with Crippen LogP contribution in [-0.4, -0.2) is 40.4 Å². The molecule has 0 fully saturated rings. The van der Waals surface area contributed by atoms with Gasteiger partial charge in [-0.25, -0.2) is 4.98 Å². The smallest absolute Gasteiger partial charge is 0.325 e. The van der Waals surface area contributed by atoms with Crippen molar-refractivity contribution in [1.82, 2.24) is 14.9 Å². The summed E-state index contributed by atoms with van der Waals surface area (Å²) in [6, 6.07) is 9.40. The molecule has 0 spiro atoms. The second-order valence-electron chi connectivity index (χ2n) is 4.31. The monoisotopic (exact) mass is 285 g/mol. The number of hydrogen-bond donors (Lipinski definition) is 0. The Bertz CT molecular complexity index is 602. The molecule has 1 amide bonds. The van der Waals surface area contributed by atoms with Crippen LogP contribution in [0, 0.1) is 0 Å². The largest absolute Gasteiger partial charge is 0.468 e. The summed E-state index contributed by atoms with van der Waals surface area (Å²) in [5.74, 6) is -0.847.